The summed E-state index contributed by atoms with van der Waals surface area (Å²) in [5, 5.41) is 0. The van der Waals surface area contributed by atoms with Gasteiger partial charge in [0.1, 0.15) is 18.1 Å². The Morgan fingerprint density at radius 1 is 0.889 bits per heavy atom. The van der Waals surface area contributed by atoms with Gasteiger partial charge in [0.2, 0.25) is 6.79 Å². The fraction of sp³-hybridized carbons (Fsp3) is 0.179. The van der Waals surface area contributed by atoms with Crippen molar-refractivity contribution in [3.63, 3.8) is 0 Å². The predicted octanol–water partition coefficient (Wildman–Crippen LogP) is 6.51. The molecule has 8 heteroatoms. The van der Waals surface area contributed by atoms with Crippen LogP contribution in [0.2, 0.25) is 0 Å². The molecule has 0 spiro atoms. The maximum absolute atomic E-state index is 12.7. The summed E-state index contributed by atoms with van der Waals surface area (Å²) in [7, 11) is 0. The Bertz CT molecular complexity index is 1360. The molecule has 184 valence electrons. The number of hydrogen-bond donors (Lipinski definition) is 0. The second-order valence-electron chi connectivity index (χ2n) is 7.47. The van der Waals surface area contributed by atoms with Gasteiger partial charge in [0.05, 0.1) is 5.56 Å². The highest BCUT2D eigenvalue weighted by atomic mass is 79.9. The molecule has 0 bridgehead atoms. The highest BCUT2D eigenvalue weighted by Crippen LogP contribution is 2.29. The van der Waals surface area contributed by atoms with Crippen LogP contribution in [0.15, 0.2) is 65.1 Å². The fourth-order valence-corrected chi connectivity index (χ4v) is 3.42. The third kappa shape index (κ3) is 8.41. The minimum Gasteiger partial charge on any atom is -0.481 e. The normalized spacial score (nSPS) is 10.4. The van der Waals surface area contributed by atoms with Gasteiger partial charge in [-0.15, -0.1) is 0 Å². The summed E-state index contributed by atoms with van der Waals surface area (Å²) < 4.78 is 54.7. The van der Waals surface area contributed by atoms with E-state index in [2.05, 4.69) is 39.6 Å². The molecule has 0 atom stereocenters. The predicted molar refractivity (Wildman–Crippen MR) is 132 cm³/mol. The van der Waals surface area contributed by atoms with E-state index < -0.39 is 17.7 Å². The lowest BCUT2D eigenvalue weighted by atomic mass is 10.1. The van der Waals surface area contributed by atoms with E-state index in [0.717, 1.165) is 22.2 Å². The summed E-state index contributed by atoms with van der Waals surface area (Å²) in [5.41, 5.74) is 1.94. The quantitative estimate of drug-likeness (QED) is 0.204. The van der Waals surface area contributed by atoms with Gasteiger partial charge in [0.15, 0.2) is 0 Å². The molecule has 0 saturated heterocycles. The summed E-state index contributed by atoms with van der Waals surface area (Å²) in [4.78, 5) is 10.8. The largest absolute Gasteiger partial charge is 0.481 e. The molecule has 0 saturated carbocycles. The molecule has 3 aromatic rings. The average Bonchev–Trinajstić information content (AvgIpc) is 2.81. The highest BCUT2D eigenvalue weighted by Gasteiger charge is 2.29. The lowest BCUT2D eigenvalue weighted by molar-refractivity contribution is -0.147. The average molecular weight is 557 g/mol. The number of aryl methyl sites for hydroxylation is 1. The molecule has 36 heavy (non-hydrogen) atoms. The van der Waals surface area contributed by atoms with Gasteiger partial charge in [-0.25, -0.2) is 0 Å². The van der Waals surface area contributed by atoms with Crippen LogP contribution in [0.25, 0.3) is 0 Å². The first kappa shape index (κ1) is 26.7. The molecule has 0 unspecified atom stereocenters. The Balaban J connectivity index is 1.61. The van der Waals surface area contributed by atoms with Crippen molar-refractivity contribution in [1.29, 1.82) is 0 Å². The third-order valence-electron chi connectivity index (χ3n) is 4.63. The first-order valence-corrected chi connectivity index (χ1v) is 11.4. The summed E-state index contributed by atoms with van der Waals surface area (Å²) >= 11 is 3.43. The summed E-state index contributed by atoms with van der Waals surface area (Å²) in [6.07, 6.45) is -4.38. The zero-order valence-electron chi connectivity index (χ0n) is 19.3. The van der Waals surface area contributed by atoms with Crippen molar-refractivity contribution in [2.24, 2.45) is 0 Å². The van der Waals surface area contributed by atoms with Gasteiger partial charge in [0.25, 0.3) is 0 Å². The zero-order valence-corrected chi connectivity index (χ0v) is 20.9. The highest BCUT2D eigenvalue weighted by molar-refractivity contribution is 9.10. The van der Waals surface area contributed by atoms with Crippen LogP contribution < -0.4 is 9.47 Å². The maximum atomic E-state index is 12.7. The molecule has 3 aromatic carbocycles. The van der Waals surface area contributed by atoms with E-state index in [1.165, 1.54) is 19.1 Å². The van der Waals surface area contributed by atoms with Gasteiger partial charge >= 0.3 is 12.1 Å². The van der Waals surface area contributed by atoms with Crippen LogP contribution in [0.5, 0.6) is 11.5 Å². The number of carbonyl (C=O) groups is 1. The van der Waals surface area contributed by atoms with Crippen LogP contribution in [-0.2, 0) is 15.7 Å². The van der Waals surface area contributed by atoms with Crippen molar-refractivity contribution in [2.45, 2.75) is 20.0 Å². The lowest BCUT2D eigenvalue weighted by Gasteiger charge is -2.10. The van der Waals surface area contributed by atoms with Crippen molar-refractivity contribution in [3.05, 3.63) is 93.0 Å². The van der Waals surface area contributed by atoms with E-state index in [1.807, 2.05) is 13.0 Å². The number of alkyl halides is 3. The van der Waals surface area contributed by atoms with E-state index in [1.54, 1.807) is 30.3 Å². The number of carbonyl (C=O) groups excluding carboxylic acids is 1. The van der Waals surface area contributed by atoms with Gasteiger partial charge in [-0.2, -0.15) is 13.2 Å². The molecule has 0 amide bonds. The van der Waals surface area contributed by atoms with Gasteiger partial charge in [-0.3, -0.25) is 4.79 Å². The Morgan fingerprint density at radius 3 is 2.19 bits per heavy atom. The van der Waals surface area contributed by atoms with Crippen LogP contribution in [0.1, 0.15) is 34.7 Å². The molecular weight excluding hydrogens is 537 g/mol. The van der Waals surface area contributed by atoms with Crippen molar-refractivity contribution in [1.82, 2.24) is 0 Å². The molecule has 0 aliphatic rings. The van der Waals surface area contributed by atoms with E-state index in [0.29, 0.717) is 28.2 Å². The summed E-state index contributed by atoms with van der Waals surface area (Å²) in [6.45, 7) is 3.13. The molecular formula is C28H20BrF3O4. The SMILES string of the molecule is CC(=O)OCOc1ccc(OCC#Cc2cc(Br)cc(C#Cc3ccc(C(F)(F)F)cc3)c2)cc1C. The topological polar surface area (TPSA) is 44.8 Å². The van der Waals surface area contributed by atoms with Crippen molar-refractivity contribution >= 4 is 21.9 Å². The summed E-state index contributed by atoms with van der Waals surface area (Å²) in [5.74, 6) is 12.5. The molecule has 0 heterocycles. The van der Waals surface area contributed by atoms with E-state index in [-0.39, 0.29) is 13.4 Å². The number of benzene rings is 3. The molecule has 3 rings (SSSR count). The van der Waals surface area contributed by atoms with E-state index >= 15 is 0 Å². The Morgan fingerprint density at radius 2 is 1.56 bits per heavy atom. The molecule has 0 aliphatic carbocycles. The van der Waals surface area contributed by atoms with Crippen LogP contribution in [0, 0.1) is 30.6 Å². The summed E-state index contributed by atoms with van der Waals surface area (Å²) in [6, 6.07) is 15.3. The zero-order chi connectivity index (χ0) is 26.1. The van der Waals surface area contributed by atoms with Gasteiger partial charge in [-0.05, 0) is 73.2 Å². The van der Waals surface area contributed by atoms with E-state index in [4.69, 9.17) is 14.2 Å². The number of esters is 1. The smallest absolute Gasteiger partial charge is 0.416 e. The standard InChI is InChI=1S/C28H20BrF3O4/c1-19-14-26(11-12-27(19)36-18-35-20(2)33)34-13-3-4-22-15-23(17-25(29)16-22)6-5-21-7-9-24(10-8-21)28(30,31)32/h7-12,14-17H,13,18H2,1-2H3. The van der Waals surface area contributed by atoms with Crippen LogP contribution >= 0.6 is 15.9 Å². The second kappa shape index (κ2) is 12.2. The van der Waals surface area contributed by atoms with Gasteiger partial charge in [0, 0.05) is 28.1 Å². The molecule has 0 N–H and O–H groups in total. The fourth-order valence-electron chi connectivity index (χ4n) is 2.93. The Hall–Kier alpha value is -3.88. The lowest BCUT2D eigenvalue weighted by Crippen LogP contribution is -2.07. The van der Waals surface area contributed by atoms with Crippen LogP contribution in [-0.4, -0.2) is 19.4 Å². The van der Waals surface area contributed by atoms with Crippen molar-refractivity contribution in [3.8, 4) is 35.2 Å². The molecule has 0 aromatic heterocycles. The minimum atomic E-state index is -4.38. The van der Waals surface area contributed by atoms with Crippen molar-refractivity contribution < 1.29 is 32.2 Å². The monoisotopic (exact) mass is 556 g/mol. The molecule has 0 radical (unpaired) electrons. The first-order valence-electron chi connectivity index (χ1n) is 10.6. The Labute approximate surface area is 215 Å². The number of ether oxygens (including phenoxy) is 3. The Kier molecular flexibility index (Phi) is 9.05. The molecule has 0 aliphatic heterocycles. The van der Waals surface area contributed by atoms with E-state index in [9.17, 15) is 18.0 Å². The molecule has 4 nitrogen and oxygen atoms in total. The van der Waals surface area contributed by atoms with Gasteiger partial charge < -0.3 is 14.2 Å². The number of halogens is 4. The van der Waals surface area contributed by atoms with Crippen LogP contribution in [0.3, 0.4) is 0 Å². The maximum Gasteiger partial charge on any atom is 0.416 e. The van der Waals surface area contributed by atoms with Crippen molar-refractivity contribution in [2.75, 3.05) is 13.4 Å². The van der Waals surface area contributed by atoms with Gasteiger partial charge in [-0.1, -0.05) is 39.6 Å². The number of rotatable bonds is 5. The number of hydrogen-bond acceptors (Lipinski definition) is 4. The molecule has 0 fully saturated rings. The first-order chi connectivity index (χ1) is 17.1. The second-order valence-corrected chi connectivity index (χ2v) is 8.39. The van der Waals surface area contributed by atoms with Crippen LogP contribution in [0.4, 0.5) is 13.2 Å². The third-order valence-corrected chi connectivity index (χ3v) is 5.09. The minimum absolute atomic E-state index is 0.145.